The van der Waals surface area contributed by atoms with Gasteiger partial charge in [-0.05, 0) is 36.6 Å². The van der Waals surface area contributed by atoms with Gasteiger partial charge in [-0.1, -0.05) is 6.07 Å². The second-order valence-corrected chi connectivity index (χ2v) is 6.06. The Morgan fingerprint density at radius 1 is 1.47 bits per heavy atom. The molecule has 1 aromatic rings. The molecular formula is C12H18N4O2S. The minimum atomic E-state index is -3.63. The molecule has 2 rings (SSSR count). The van der Waals surface area contributed by atoms with Crippen LogP contribution in [-0.2, 0) is 16.6 Å². The molecule has 1 heterocycles. The molecule has 0 atom stereocenters. The maximum atomic E-state index is 11.2. The zero-order chi connectivity index (χ0) is 13.9. The lowest BCUT2D eigenvalue weighted by atomic mass is 10.1. The number of guanidine groups is 1. The van der Waals surface area contributed by atoms with E-state index in [1.54, 1.807) is 12.1 Å². The molecule has 4 N–H and O–H groups in total. The molecule has 1 aromatic carbocycles. The summed E-state index contributed by atoms with van der Waals surface area (Å²) in [7, 11) is -3.63. The number of hydrogen-bond donors (Lipinski definition) is 3. The van der Waals surface area contributed by atoms with Crippen LogP contribution in [0.5, 0.6) is 0 Å². The molecule has 0 amide bonds. The average molecular weight is 282 g/mol. The molecule has 0 aliphatic carbocycles. The number of hydrogen-bond acceptors (Lipinski definition) is 5. The SMILES string of the molecule is Cc1cc(S(N)(=O)=O)ccc1CNC1=NCCCN1. The minimum Gasteiger partial charge on any atom is -0.356 e. The van der Waals surface area contributed by atoms with Crippen molar-refractivity contribution in [1.82, 2.24) is 10.6 Å². The van der Waals surface area contributed by atoms with Gasteiger partial charge in [-0.3, -0.25) is 4.99 Å². The molecule has 19 heavy (non-hydrogen) atoms. The molecule has 7 heteroatoms. The van der Waals surface area contributed by atoms with Crippen LogP contribution in [0.2, 0.25) is 0 Å². The Morgan fingerprint density at radius 2 is 2.26 bits per heavy atom. The molecule has 104 valence electrons. The Bertz CT molecular complexity index is 596. The normalized spacial score (nSPS) is 15.6. The quantitative estimate of drug-likeness (QED) is 0.731. The van der Waals surface area contributed by atoms with Gasteiger partial charge in [0.1, 0.15) is 0 Å². The number of nitrogens with zero attached hydrogens (tertiary/aromatic N) is 1. The summed E-state index contributed by atoms with van der Waals surface area (Å²) in [5.74, 6) is 0.793. The predicted octanol–water partition coefficient (Wildman–Crippen LogP) is 0.0813. The van der Waals surface area contributed by atoms with Crippen LogP contribution >= 0.6 is 0 Å². The molecule has 1 aliphatic rings. The largest absolute Gasteiger partial charge is 0.356 e. The summed E-state index contributed by atoms with van der Waals surface area (Å²) >= 11 is 0. The summed E-state index contributed by atoms with van der Waals surface area (Å²) in [6, 6.07) is 4.88. The third-order valence-electron chi connectivity index (χ3n) is 2.99. The van der Waals surface area contributed by atoms with Gasteiger partial charge in [0.2, 0.25) is 10.0 Å². The number of rotatable bonds is 3. The molecule has 0 aromatic heterocycles. The van der Waals surface area contributed by atoms with Crippen LogP contribution in [0.4, 0.5) is 0 Å². The third-order valence-corrected chi connectivity index (χ3v) is 3.90. The van der Waals surface area contributed by atoms with Crippen molar-refractivity contribution < 1.29 is 8.42 Å². The smallest absolute Gasteiger partial charge is 0.238 e. The van der Waals surface area contributed by atoms with Crippen LogP contribution in [-0.4, -0.2) is 27.5 Å². The zero-order valence-electron chi connectivity index (χ0n) is 10.8. The van der Waals surface area contributed by atoms with Crippen LogP contribution < -0.4 is 15.8 Å². The molecule has 0 radical (unpaired) electrons. The summed E-state index contributed by atoms with van der Waals surface area (Å²) in [5.41, 5.74) is 1.90. The van der Waals surface area contributed by atoms with E-state index in [1.807, 2.05) is 6.92 Å². The molecule has 0 saturated heterocycles. The summed E-state index contributed by atoms with van der Waals surface area (Å²) in [5, 5.41) is 11.5. The Hall–Kier alpha value is -1.60. The van der Waals surface area contributed by atoms with Gasteiger partial charge in [0.15, 0.2) is 5.96 Å². The lowest BCUT2D eigenvalue weighted by Crippen LogP contribution is -2.40. The van der Waals surface area contributed by atoms with Gasteiger partial charge in [0.05, 0.1) is 4.90 Å². The van der Waals surface area contributed by atoms with Crippen molar-refractivity contribution in [2.75, 3.05) is 13.1 Å². The average Bonchev–Trinajstić information content (AvgIpc) is 2.37. The molecule has 0 saturated carbocycles. The van der Waals surface area contributed by atoms with Crippen LogP contribution in [0.15, 0.2) is 28.1 Å². The van der Waals surface area contributed by atoms with Crippen molar-refractivity contribution in [3.63, 3.8) is 0 Å². The monoisotopic (exact) mass is 282 g/mol. The summed E-state index contributed by atoms with van der Waals surface area (Å²) in [4.78, 5) is 4.45. The Kier molecular flexibility index (Phi) is 4.06. The lowest BCUT2D eigenvalue weighted by Gasteiger charge is -2.16. The highest BCUT2D eigenvalue weighted by molar-refractivity contribution is 7.89. The number of nitrogens with one attached hydrogen (secondary N) is 2. The highest BCUT2D eigenvalue weighted by atomic mass is 32.2. The van der Waals surface area contributed by atoms with E-state index in [0.717, 1.165) is 36.6 Å². The van der Waals surface area contributed by atoms with Crippen molar-refractivity contribution in [3.05, 3.63) is 29.3 Å². The van der Waals surface area contributed by atoms with Crippen molar-refractivity contribution in [2.24, 2.45) is 10.1 Å². The van der Waals surface area contributed by atoms with Gasteiger partial charge in [-0.25, -0.2) is 13.6 Å². The molecular weight excluding hydrogens is 264 g/mol. The fourth-order valence-electron chi connectivity index (χ4n) is 1.87. The Balaban J connectivity index is 2.07. The Labute approximate surface area is 113 Å². The van der Waals surface area contributed by atoms with Gasteiger partial charge < -0.3 is 10.6 Å². The first-order chi connectivity index (χ1) is 8.97. The van der Waals surface area contributed by atoms with Gasteiger partial charge in [0, 0.05) is 19.6 Å². The summed E-state index contributed by atoms with van der Waals surface area (Å²) in [6.45, 7) is 4.22. The number of nitrogens with two attached hydrogens (primary N) is 1. The van der Waals surface area contributed by atoms with Crippen LogP contribution in [0.1, 0.15) is 17.5 Å². The van der Waals surface area contributed by atoms with E-state index < -0.39 is 10.0 Å². The summed E-state index contributed by atoms with van der Waals surface area (Å²) in [6.07, 6.45) is 1.05. The van der Waals surface area contributed by atoms with Gasteiger partial charge >= 0.3 is 0 Å². The first-order valence-electron chi connectivity index (χ1n) is 6.11. The number of benzene rings is 1. The van der Waals surface area contributed by atoms with Crippen molar-refractivity contribution in [1.29, 1.82) is 0 Å². The molecule has 1 aliphatic heterocycles. The zero-order valence-corrected chi connectivity index (χ0v) is 11.6. The molecule has 6 nitrogen and oxygen atoms in total. The second kappa shape index (κ2) is 5.58. The van der Waals surface area contributed by atoms with Crippen LogP contribution in [0.3, 0.4) is 0 Å². The molecule has 0 bridgehead atoms. The number of sulfonamides is 1. The number of aryl methyl sites for hydroxylation is 1. The Morgan fingerprint density at radius 3 is 2.84 bits per heavy atom. The first kappa shape index (κ1) is 13.8. The minimum absolute atomic E-state index is 0.141. The van der Waals surface area contributed by atoms with Crippen LogP contribution in [0.25, 0.3) is 0 Å². The predicted molar refractivity (Wildman–Crippen MR) is 74.3 cm³/mol. The van der Waals surface area contributed by atoms with E-state index in [2.05, 4.69) is 15.6 Å². The van der Waals surface area contributed by atoms with E-state index in [4.69, 9.17) is 5.14 Å². The standard InChI is InChI=1S/C12H18N4O2S/c1-9-7-11(19(13,17)18)4-3-10(9)8-16-12-14-5-2-6-15-12/h3-4,7H,2,5-6,8H2,1H3,(H2,13,17,18)(H2,14,15,16). The highest BCUT2D eigenvalue weighted by Gasteiger charge is 2.10. The summed E-state index contributed by atoms with van der Waals surface area (Å²) < 4.78 is 22.5. The highest BCUT2D eigenvalue weighted by Crippen LogP contribution is 2.14. The fourth-order valence-corrected chi connectivity index (χ4v) is 2.47. The van der Waals surface area contributed by atoms with E-state index in [1.165, 1.54) is 6.07 Å². The van der Waals surface area contributed by atoms with E-state index in [0.29, 0.717) is 6.54 Å². The topological polar surface area (TPSA) is 96.6 Å². The molecule has 0 unspecified atom stereocenters. The van der Waals surface area contributed by atoms with Crippen molar-refractivity contribution in [3.8, 4) is 0 Å². The van der Waals surface area contributed by atoms with Gasteiger partial charge in [-0.2, -0.15) is 0 Å². The fraction of sp³-hybridized carbons (Fsp3) is 0.417. The molecule has 0 fully saturated rings. The van der Waals surface area contributed by atoms with Crippen molar-refractivity contribution in [2.45, 2.75) is 24.8 Å². The van der Waals surface area contributed by atoms with Gasteiger partial charge in [0.25, 0.3) is 0 Å². The third kappa shape index (κ3) is 3.68. The van der Waals surface area contributed by atoms with Crippen molar-refractivity contribution >= 4 is 16.0 Å². The molecule has 0 spiro atoms. The number of aliphatic imine (C=N–C) groups is 1. The van der Waals surface area contributed by atoms with Crippen LogP contribution in [0, 0.1) is 6.92 Å². The van der Waals surface area contributed by atoms with E-state index in [9.17, 15) is 8.42 Å². The van der Waals surface area contributed by atoms with Gasteiger partial charge in [-0.15, -0.1) is 0 Å². The first-order valence-corrected chi connectivity index (χ1v) is 7.66. The maximum Gasteiger partial charge on any atom is 0.238 e. The van der Waals surface area contributed by atoms with E-state index in [-0.39, 0.29) is 4.90 Å². The van der Waals surface area contributed by atoms with E-state index >= 15 is 0 Å². The second-order valence-electron chi connectivity index (χ2n) is 4.50. The maximum absolute atomic E-state index is 11.2. The number of primary sulfonamides is 1. The lowest BCUT2D eigenvalue weighted by molar-refractivity contribution is 0.597.